The fourth-order valence-corrected chi connectivity index (χ4v) is 3.29. The van der Waals surface area contributed by atoms with E-state index in [1.54, 1.807) is 24.3 Å². The molecule has 4 nitrogen and oxygen atoms in total. The van der Waals surface area contributed by atoms with Crippen molar-refractivity contribution >= 4 is 5.91 Å². The maximum atomic E-state index is 12.9. The van der Waals surface area contributed by atoms with Crippen LogP contribution in [0.5, 0.6) is 5.75 Å². The third-order valence-electron chi connectivity index (χ3n) is 4.65. The Balaban J connectivity index is 1.71. The second kappa shape index (κ2) is 8.95. The lowest BCUT2D eigenvalue weighted by Crippen LogP contribution is -2.48. The molecule has 0 N–H and O–H groups in total. The van der Waals surface area contributed by atoms with E-state index in [-0.39, 0.29) is 17.7 Å². The lowest BCUT2D eigenvalue weighted by atomic mass is 10.0. The Bertz CT molecular complexity index is 745. The number of amides is 1. The molecule has 6 heteroatoms. The molecule has 0 spiro atoms. The highest BCUT2D eigenvalue weighted by atomic mass is 19.3. The topological polar surface area (TPSA) is 38.8 Å². The van der Waals surface area contributed by atoms with Gasteiger partial charge in [0.05, 0.1) is 19.3 Å². The highest BCUT2D eigenvalue weighted by Gasteiger charge is 2.27. The highest BCUT2D eigenvalue weighted by molar-refractivity contribution is 5.95. The molecule has 1 atom stereocenters. The molecule has 27 heavy (non-hydrogen) atoms. The van der Waals surface area contributed by atoms with Crippen LogP contribution in [0, 0.1) is 0 Å². The molecular formula is C21H23F2NO3. The van der Waals surface area contributed by atoms with E-state index in [1.165, 1.54) is 12.1 Å². The maximum absolute atomic E-state index is 12.9. The normalized spacial score (nSPS) is 17.2. The number of benzene rings is 2. The number of halogens is 2. The van der Waals surface area contributed by atoms with Crippen molar-refractivity contribution in [2.45, 2.75) is 32.4 Å². The van der Waals surface area contributed by atoms with Gasteiger partial charge in [0.1, 0.15) is 5.75 Å². The standard InChI is InChI=1S/C21H23F2NO3/c1-2-3-18-14-26-13-12-24(18)20(25)17-6-4-15(5-7-17)16-8-10-19(11-9-16)27-21(22)23/h4-11,18,21H,2-3,12-14H2,1H3. The summed E-state index contributed by atoms with van der Waals surface area (Å²) in [5, 5.41) is 0. The zero-order valence-electron chi connectivity index (χ0n) is 15.2. The van der Waals surface area contributed by atoms with E-state index in [0.29, 0.717) is 25.3 Å². The number of carbonyl (C=O) groups excluding carboxylic acids is 1. The largest absolute Gasteiger partial charge is 0.435 e. The molecule has 0 radical (unpaired) electrons. The van der Waals surface area contributed by atoms with Crippen LogP contribution < -0.4 is 4.74 Å². The van der Waals surface area contributed by atoms with Gasteiger partial charge >= 0.3 is 6.61 Å². The zero-order chi connectivity index (χ0) is 19.2. The summed E-state index contributed by atoms with van der Waals surface area (Å²) in [6.45, 7) is 1.03. The van der Waals surface area contributed by atoms with E-state index in [1.807, 2.05) is 17.0 Å². The van der Waals surface area contributed by atoms with E-state index in [4.69, 9.17) is 4.74 Å². The lowest BCUT2D eigenvalue weighted by Gasteiger charge is -2.35. The molecule has 1 aliphatic heterocycles. The number of morpholine rings is 1. The molecule has 0 aromatic heterocycles. The molecule has 2 aromatic rings. The van der Waals surface area contributed by atoms with Gasteiger partial charge in [-0.15, -0.1) is 0 Å². The van der Waals surface area contributed by atoms with Crippen molar-refractivity contribution in [2.24, 2.45) is 0 Å². The average molecular weight is 375 g/mol. The molecule has 2 aromatic carbocycles. The zero-order valence-corrected chi connectivity index (χ0v) is 15.2. The Kier molecular flexibility index (Phi) is 6.40. The average Bonchev–Trinajstić information content (AvgIpc) is 2.68. The van der Waals surface area contributed by atoms with Crippen LogP contribution in [0.1, 0.15) is 30.1 Å². The summed E-state index contributed by atoms with van der Waals surface area (Å²) in [6.07, 6.45) is 1.93. The molecule has 1 heterocycles. The van der Waals surface area contributed by atoms with Gasteiger partial charge in [-0.1, -0.05) is 37.6 Å². The molecular weight excluding hydrogens is 352 g/mol. The van der Waals surface area contributed by atoms with E-state index in [2.05, 4.69) is 11.7 Å². The molecule has 0 aliphatic carbocycles. The first-order valence-electron chi connectivity index (χ1n) is 9.12. The first-order valence-corrected chi connectivity index (χ1v) is 9.12. The Morgan fingerprint density at radius 3 is 2.37 bits per heavy atom. The predicted molar refractivity (Wildman–Crippen MR) is 99.1 cm³/mol. The van der Waals surface area contributed by atoms with Crippen LogP contribution in [0.4, 0.5) is 8.78 Å². The van der Waals surface area contributed by atoms with Crippen LogP contribution in [-0.4, -0.2) is 43.2 Å². The first-order chi connectivity index (χ1) is 13.1. The number of ether oxygens (including phenoxy) is 2. The van der Waals surface area contributed by atoms with E-state index in [9.17, 15) is 13.6 Å². The van der Waals surface area contributed by atoms with Crippen LogP contribution >= 0.6 is 0 Å². The summed E-state index contributed by atoms with van der Waals surface area (Å²) in [5.41, 5.74) is 2.41. The van der Waals surface area contributed by atoms with Crippen molar-refractivity contribution in [2.75, 3.05) is 19.8 Å². The lowest BCUT2D eigenvalue weighted by molar-refractivity contribution is -0.0498. The van der Waals surface area contributed by atoms with Crippen LogP contribution in [0.15, 0.2) is 48.5 Å². The predicted octanol–water partition coefficient (Wildman–Crippen LogP) is 4.60. The summed E-state index contributed by atoms with van der Waals surface area (Å²) in [6, 6.07) is 13.9. The van der Waals surface area contributed by atoms with E-state index >= 15 is 0 Å². The maximum Gasteiger partial charge on any atom is 0.387 e. The number of rotatable bonds is 6. The van der Waals surface area contributed by atoms with Crippen molar-refractivity contribution in [1.82, 2.24) is 4.90 Å². The van der Waals surface area contributed by atoms with Crippen LogP contribution in [0.2, 0.25) is 0 Å². The summed E-state index contributed by atoms with van der Waals surface area (Å²) < 4.78 is 34.3. The second-order valence-corrected chi connectivity index (χ2v) is 6.50. The summed E-state index contributed by atoms with van der Waals surface area (Å²) in [4.78, 5) is 14.8. The monoisotopic (exact) mass is 375 g/mol. The van der Waals surface area contributed by atoms with Gasteiger partial charge in [0.25, 0.3) is 5.91 Å². The Morgan fingerprint density at radius 1 is 1.15 bits per heavy atom. The van der Waals surface area contributed by atoms with Gasteiger partial charge in [-0.25, -0.2) is 0 Å². The van der Waals surface area contributed by atoms with Crippen LogP contribution in [0.3, 0.4) is 0 Å². The summed E-state index contributed by atoms with van der Waals surface area (Å²) in [5.74, 6) is 0.138. The van der Waals surface area contributed by atoms with Crippen LogP contribution in [0.25, 0.3) is 11.1 Å². The van der Waals surface area contributed by atoms with Gasteiger partial charge in [-0.3, -0.25) is 4.79 Å². The van der Waals surface area contributed by atoms with Gasteiger partial charge in [0.15, 0.2) is 0 Å². The van der Waals surface area contributed by atoms with Crippen LogP contribution in [-0.2, 0) is 4.74 Å². The van der Waals surface area contributed by atoms with Crippen molar-refractivity contribution < 1.29 is 23.0 Å². The molecule has 1 unspecified atom stereocenters. The summed E-state index contributed by atoms with van der Waals surface area (Å²) in [7, 11) is 0. The number of carbonyl (C=O) groups is 1. The van der Waals surface area contributed by atoms with Crippen molar-refractivity contribution in [3.63, 3.8) is 0 Å². The molecule has 1 fully saturated rings. The summed E-state index contributed by atoms with van der Waals surface area (Å²) >= 11 is 0. The van der Waals surface area contributed by atoms with Gasteiger partial charge in [0.2, 0.25) is 0 Å². The smallest absolute Gasteiger partial charge is 0.387 e. The van der Waals surface area contributed by atoms with Gasteiger partial charge in [-0.2, -0.15) is 8.78 Å². The Hall–Kier alpha value is -2.47. The van der Waals surface area contributed by atoms with Gasteiger partial charge in [0, 0.05) is 12.1 Å². The fraction of sp³-hybridized carbons (Fsp3) is 0.381. The molecule has 144 valence electrons. The third kappa shape index (κ3) is 4.83. The van der Waals surface area contributed by atoms with Gasteiger partial charge < -0.3 is 14.4 Å². The third-order valence-corrected chi connectivity index (χ3v) is 4.65. The SMILES string of the molecule is CCCC1COCCN1C(=O)c1ccc(-c2ccc(OC(F)F)cc2)cc1. The molecule has 0 saturated carbocycles. The highest BCUT2D eigenvalue weighted by Crippen LogP contribution is 2.24. The van der Waals surface area contributed by atoms with E-state index < -0.39 is 6.61 Å². The number of hydrogen-bond donors (Lipinski definition) is 0. The number of nitrogens with zero attached hydrogens (tertiary/aromatic N) is 1. The molecule has 1 saturated heterocycles. The van der Waals surface area contributed by atoms with Crippen molar-refractivity contribution in [3.05, 3.63) is 54.1 Å². The van der Waals surface area contributed by atoms with Gasteiger partial charge in [-0.05, 0) is 41.8 Å². The quantitative estimate of drug-likeness (QED) is 0.741. The number of hydrogen-bond acceptors (Lipinski definition) is 3. The first kappa shape index (κ1) is 19.3. The Labute approximate surface area is 157 Å². The molecule has 0 bridgehead atoms. The minimum Gasteiger partial charge on any atom is -0.435 e. The molecule has 1 amide bonds. The minimum atomic E-state index is -2.84. The molecule has 1 aliphatic rings. The van der Waals surface area contributed by atoms with E-state index in [0.717, 1.165) is 24.0 Å². The molecule has 3 rings (SSSR count). The second-order valence-electron chi connectivity index (χ2n) is 6.50. The minimum absolute atomic E-state index is 0.0176. The van der Waals surface area contributed by atoms with Crippen molar-refractivity contribution in [3.8, 4) is 16.9 Å². The Morgan fingerprint density at radius 2 is 1.78 bits per heavy atom. The fourth-order valence-electron chi connectivity index (χ4n) is 3.29. The van der Waals surface area contributed by atoms with Crippen molar-refractivity contribution in [1.29, 1.82) is 0 Å². The number of alkyl halides is 2.